The summed E-state index contributed by atoms with van der Waals surface area (Å²) in [6.45, 7) is 4.83. The molecule has 1 heterocycles. The van der Waals surface area contributed by atoms with Gasteiger partial charge in [-0.05, 0) is 48.2 Å². The van der Waals surface area contributed by atoms with Crippen LogP contribution in [0.5, 0.6) is 5.75 Å². The summed E-state index contributed by atoms with van der Waals surface area (Å²) in [5, 5.41) is 11.2. The number of carbonyl (C=O) groups excluding carboxylic acids is 2. The average molecular weight is 506 g/mol. The number of ether oxygens (including phenoxy) is 1. The predicted octanol–water partition coefficient (Wildman–Crippen LogP) is 7.60. The average Bonchev–Trinajstić information content (AvgIpc) is 3.18. The van der Waals surface area contributed by atoms with Gasteiger partial charge in [0.05, 0.1) is 18.7 Å². The number of aryl methyl sites for hydroxylation is 1. The van der Waals surface area contributed by atoms with Crippen LogP contribution < -0.4 is 4.74 Å². The minimum Gasteiger partial charge on any atom is -0.507 e. The fourth-order valence-electron chi connectivity index (χ4n) is 5.07. The number of hydrogen-bond donors (Lipinski definition) is 1. The Balaban J connectivity index is 1.74. The highest BCUT2D eigenvalue weighted by Gasteiger charge is 2.45. The van der Waals surface area contributed by atoms with Gasteiger partial charge in [-0.25, -0.2) is 0 Å². The van der Waals surface area contributed by atoms with Crippen LogP contribution >= 0.6 is 0 Å². The molecule has 1 saturated heterocycles. The Bertz CT molecular complexity index is 1040. The number of amides is 1. The van der Waals surface area contributed by atoms with E-state index in [1.54, 1.807) is 36.3 Å². The molecule has 2 aromatic rings. The number of likely N-dealkylation sites (tertiary alicyclic amines) is 1. The summed E-state index contributed by atoms with van der Waals surface area (Å²) in [4.78, 5) is 28.0. The minimum atomic E-state index is -0.620. The number of methoxy groups -OCH3 is 1. The SMILES string of the molecule is CCCCCCCCCCCCN1C(=O)C(=O)C(=C(O)c2ccc(OC)cc2)[C@H]1c1ccc(CC)cc1. The molecule has 0 saturated carbocycles. The lowest BCUT2D eigenvalue weighted by Gasteiger charge is -2.25. The third kappa shape index (κ3) is 7.47. The van der Waals surface area contributed by atoms with Crippen molar-refractivity contribution < 1.29 is 19.4 Å². The third-order valence-electron chi connectivity index (χ3n) is 7.36. The third-order valence-corrected chi connectivity index (χ3v) is 7.36. The van der Waals surface area contributed by atoms with Gasteiger partial charge in [0.15, 0.2) is 0 Å². The molecule has 200 valence electrons. The molecule has 1 atom stereocenters. The second kappa shape index (κ2) is 14.6. The van der Waals surface area contributed by atoms with Crippen molar-refractivity contribution in [3.8, 4) is 5.75 Å². The molecule has 5 heteroatoms. The van der Waals surface area contributed by atoms with Crippen LogP contribution in [0.3, 0.4) is 0 Å². The topological polar surface area (TPSA) is 66.8 Å². The summed E-state index contributed by atoms with van der Waals surface area (Å²) in [6.07, 6.45) is 13.0. The van der Waals surface area contributed by atoms with Gasteiger partial charge in [0.25, 0.3) is 11.7 Å². The van der Waals surface area contributed by atoms with Gasteiger partial charge in [-0.15, -0.1) is 0 Å². The summed E-state index contributed by atoms with van der Waals surface area (Å²) in [6, 6.07) is 14.3. The van der Waals surface area contributed by atoms with E-state index in [9.17, 15) is 14.7 Å². The Morgan fingerprint density at radius 2 is 1.38 bits per heavy atom. The van der Waals surface area contributed by atoms with E-state index in [0.29, 0.717) is 17.9 Å². The van der Waals surface area contributed by atoms with E-state index in [2.05, 4.69) is 13.8 Å². The summed E-state index contributed by atoms with van der Waals surface area (Å²) >= 11 is 0. The number of aliphatic hydroxyl groups excluding tert-OH is 1. The smallest absolute Gasteiger partial charge is 0.295 e. The van der Waals surface area contributed by atoms with E-state index >= 15 is 0 Å². The van der Waals surface area contributed by atoms with Gasteiger partial charge in [-0.3, -0.25) is 9.59 Å². The summed E-state index contributed by atoms with van der Waals surface area (Å²) in [5.41, 5.74) is 2.68. The highest BCUT2D eigenvalue weighted by Crippen LogP contribution is 2.40. The van der Waals surface area contributed by atoms with Crippen molar-refractivity contribution in [2.45, 2.75) is 90.5 Å². The first-order chi connectivity index (χ1) is 18.0. The normalized spacial score (nSPS) is 16.9. The van der Waals surface area contributed by atoms with Gasteiger partial charge < -0.3 is 14.7 Å². The molecule has 0 radical (unpaired) electrons. The van der Waals surface area contributed by atoms with E-state index in [0.717, 1.165) is 31.2 Å². The first-order valence-corrected chi connectivity index (χ1v) is 14.0. The first kappa shape index (κ1) is 28.5. The maximum Gasteiger partial charge on any atom is 0.295 e. The van der Waals surface area contributed by atoms with Crippen molar-refractivity contribution in [1.82, 2.24) is 4.90 Å². The number of nitrogens with zero attached hydrogens (tertiary/aromatic N) is 1. The molecule has 1 fully saturated rings. The lowest BCUT2D eigenvalue weighted by molar-refractivity contribution is -0.139. The summed E-state index contributed by atoms with van der Waals surface area (Å²) < 4.78 is 5.22. The molecular weight excluding hydrogens is 462 g/mol. The van der Waals surface area contributed by atoms with Crippen LogP contribution in [0.2, 0.25) is 0 Å². The van der Waals surface area contributed by atoms with E-state index in [1.165, 1.54) is 50.5 Å². The van der Waals surface area contributed by atoms with Crippen molar-refractivity contribution in [3.63, 3.8) is 0 Å². The molecule has 3 rings (SSSR count). The summed E-state index contributed by atoms with van der Waals surface area (Å²) in [7, 11) is 1.58. The minimum absolute atomic E-state index is 0.142. The molecule has 0 bridgehead atoms. The van der Waals surface area contributed by atoms with E-state index < -0.39 is 17.7 Å². The van der Waals surface area contributed by atoms with Crippen LogP contribution in [-0.4, -0.2) is 35.4 Å². The van der Waals surface area contributed by atoms with Crippen molar-refractivity contribution >= 4 is 17.4 Å². The second-order valence-corrected chi connectivity index (χ2v) is 10.00. The standard InChI is InChI=1S/C32H43NO4/c1-4-6-7-8-9-10-11-12-13-14-23-33-29(25-17-15-24(5-2)16-18-25)28(31(35)32(33)36)30(34)26-19-21-27(37-3)22-20-26/h15-22,29,34H,4-14,23H2,1-3H3/t29-/m1/s1. The van der Waals surface area contributed by atoms with Gasteiger partial charge >= 0.3 is 0 Å². The highest BCUT2D eigenvalue weighted by atomic mass is 16.5. The molecule has 0 unspecified atom stereocenters. The van der Waals surface area contributed by atoms with Crippen molar-refractivity contribution in [2.24, 2.45) is 0 Å². The van der Waals surface area contributed by atoms with E-state index in [4.69, 9.17) is 4.74 Å². The zero-order chi connectivity index (χ0) is 26.6. The maximum atomic E-state index is 13.2. The van der Waals surface area contributed by atoms with Crippen LogP contribution in [0.4, 0.5) is 0 Å². The molecular formula is C32H43NO4. The van der Waals surface area contributed by atoms with Crippen LogP contribution in [0.15, 0.2) is 54.1 Å². The largest absolute Gasteiger partial charge is 0.507 e. The van der Waals surface area contributed by atoms with E-state index in [-0.39, 0.29) is 11.3 Å². The second-order valence-electron chi connectivity index (χ2n) is 10.00. The molecule has 5 nitrogen and oxygen atoms in total. The number of rotatable bonds is 15. The van der Waals surface area contributed by atoms with Gasteiger partial charge in [-0.1, -0.05) is 95.9 Å². The quantitative estimate of drug-likeness (QED) is 0.117. The molecule has 1 N–H and O–H groups in total. The number of ketones is 1. The molecule has 0 spiro atoms. The fourth-order valence-corrected chi connectivity index (χ4v) is 5.07. The molecule has 1 amide bonds. The van der Waals surface area contributed by atoms with Crippen LogP contribution in [0.1, 0.15) is 101 Å². The zero-order valence-corrected chi connectivity index (χ0v) is 22.8. The Morgan fingerprint density at radius 3 is 1.92 bits per heavy atom. The Morgan fingerprint density at radius 1 is 0.811 bits per heavy atom. The molecule has 1 aliphatic heterocycles. The fraction of sp³-hybridized carbons (Fsp3) is 0.500. The zero-order valence-electron chi connectivity index (χ0n) is 22.8. The number of Topliss-reactive ketones (excluding diaryl/α,β-unsaturated/α-hetero) is 1. The van der Waals surface area contributed by atoms with Gasteiger partial charge in [0.1, 0.15) is 11.5 Å². The number of benzene rings is 2. The van der Waals surface area contributed by atoms with Gasteiger partial charge in [-0.2, -0.15) is 0 Å². The maximum absolute atomic E-state index is 13.2. The first-order valence-electron chi connectivity index (χ1n) is 14.0. The van der Waals surface area contributed by atoms with E-state index in [1.807, 2.05) is 24.3 Å². The Hall–Kier alpha value is -3.08. The predicted molar refractivity (Wildman–Crippen MR) is 150 cm³/mol. The van der Waals surface area contributed by atoms with Gasteiger partial charge in [0, 0.05) is 12.1 Å². The Kier molecular flexibility index (Phi) is 11.2. The monoisotopic (exact) mass is 505 g/mol. The van der Waals surface area contributed by atoms with Crippen LogP contribution in [-0.2, 0) is 16.0 Å². The summed E-state index contributed by atoms with van der Waals surface area (Å²) in [5.74, 6) is -0.638. The van der Waals surface area contributed by atoms with Gasteiger partial charge in [0.2, 0.25) is 0 Å². The Labute approximate surface area is 222 Å². The van der Waals surface area contributed by atoms with Crippen LogP contribution in [0.25, 0.3) is 5.76 Å². The van der Waals surface area contributed by atoms with Crippen LogP contribution in [0, 0.1) is 0 Å². The molecule has 37 heavy (non-hydrogen) atoms. The number of unbranched alkanes of at least 4 members (excludes halogenated alkanes) is 9. The number of hydrogen-bond acceptors (Lipinski definition) is 4. The lowest BCUT2D eigenvalue weighted by Crippen LogP contribution is -2.30. The molecule has 0 aliphatic carbocycles. The molecule has 1 aliphatic rings. The van der Waals surface area contributed by atoms with Crippen molar-refractivity contribution in [3.05, 3.63) is 70.8 Å². The lowest BCUT2D eigenvalue weighted by atomic mass is 9.94. The molecule has 0 aromatic heterocycles. The van der Waals surface area contributed by atoms with Crippen molar-refractivity contribution in [1.29, 1.82) is 0 Å². The number of carbonyl (C=O) groups is 2. The molecule has 2 aromatic carbocycles. The number of aliphatic hydroxyl groups is 1. The van der Waals surface area contributed by atoms with Crippen molar-refractivity contribution in [2.75, 3.05) is 13.7 Å². The highest BCUT2D eigenvalue weighted by molar-refractivity contribution is 6.46.